The molecule has 0 heterocycles. The van der Waals surface area contributed by atoms with Crippen molar-refractivity contribution in [1.82, 2.24) is 5.32 Å². The SMILES string of the molecule is CNC(=O)Cc1ccc(NCCCSC)cc1. The first kappa shape index (κ1) is 13.9. The molecular weight excluding hydrogens is 232 g/mol. The molecule has 0 bridgehead atoms. The summed E-state index contributed by atoms with van der Waals surface area (Å²) >= 11 is 1.86. The van der Waals surface area contributed by atoms with Crippen LogP contribution in [0.4, 0.5) is 5.69 Å². The van der Waals surface area contributed by atoms with E-state index in [0.717, 1.165) is 17.8 Å². The summed E-state index contributed by atoms with van der Waals surface area (Å²) in [5.41, 5.74) is 2.16. The molecule has 0 spiro atoms. The van der Waals surface area contributed by atoms with Crippen molar-refractivity contribution in [3.63, 3.8) is 0 Å². The topological polar surface area (TPSA) is 41.1 Å². The van der Waals surface area contributed by atoms with Crippen molar-refractivity contribution in [2.75, 3.05) is 30.9 Å². The Hall–Kier alpha value is -1.16. The lowest BCUT2D eigenvalue weighted by atomic mass is 10.1. The molecule has 0 saturated heterocycles. The minimum Gasteiger partial charge on any atom is -0.385 e. The van der Waals surface area contributed by atoms with Crippen LogP contribution in [0, 0.1) is 0 Å². The second-order valence-electron chi connectivity index (χ2n) is 3.82. The van der Waals surface area contributed by atoms with Gasteiger partial charge in [-0.05, 0) is 36.1 Å². The van der Waals surface area contributed by atoms with Gasteiger partial charge in [0.1, 0.15) is 0 Å². The maximum absolute atomic E-state index is 11.2. The number of carbonyl (C=O) groups is 1. The van der Waals surface area contributed by atoms with Crippen LogP contribution in [0.25, 0.3) is 0 Å². The Balaban J connectivity index is 2.36. The van der Waals surface area contributed by atoms with Crippen LogP contribution in [-0.2, 0) is 11.2 Å². The van der Waals surface area contributed by atoms with Gasteiger partial charge in [-0.3, -0.25) is 4.79 Å². The summed E-state index contributed by atoms with van der Waals surface area (Å²) in [7, 11) is 1.66. The maximum atomic E-state index is 11.2. The van der Waals surface area contributed by atoms with Crippen LogP contribution < -0.4 is 10.6 Å². The fourth-order valence-corrected chi connectivity index (χ4v) is 1.90. The molecule has 0 aliphatic carbocycles. The van der Waals surface area contributed by atoms with Crippen LogP contribution in [-0.4, -0.2) is 31.5 Å². The second-order valence-corrected chi connectivity index (χ2v) is 4.81. The van der Waals surface area contributed by atoms with Gasteiger partial charge in [0.15, 0.2) is 0 Å². The van der Waals surface area contributed by atoms with Crippen molar-refractivity contribution in [3.8, 4) is 0 Å². The minimum atomic E-state index is 0.0469. The molecule has 1 amide bonds. The van der Waals surface area contributed by atoms with E-state index in [9.17, 15) is 4.79 Å². The van der Waals surface area contributed by atoms with E-state index < -0.39 is 0 Å². The van der Waals surface area contributed by atoms with Crippen molar-refractivity contribution in [2.24, 2.45) is 0 Å². The first-order valence-corrected chi connectivity index (χ1v) is 7.18. The molecule has 1 aromatic carbocycles. The summed E-state index contributed by atoms with van der Waals surface area (Å²) in [6.45, 7) is 0.996. The zero-order valence-electron chi connectivity index (χ0n) is 10.5. The third-order valence-corrected chi connectivity index (χ3v) is 3.15. The first-order chi connectivity index (χ1) is 8.26. The molecule has 94 valence electrons. The molecule has 0 atom stereocenters. The monoisotopic (exact) mass is 252 g/mol. The number of hydrogen-bond donors (Lipinski definition) is 2. The van der Waals surface area contributed by atoms with Gasteiger partial charge in [-0.2, -0.15) is 11.8 Å². The Morgan fingerprint density at radius 1 is 1.29 bits per heavy atom. The van der Waals surface area contributed by atoms with Crippen LogP contribution in [0.2, 0.25) is 0 Å². The summed E-state index contributed by atoms with van der Waals surface area (Å²) in [4.78, 5) is 11.2. The van der Waals surface area contributed by atoms with Gasteiger partial charge in [0.05, 0.1) is 6.42 Å². The molecule has 1 aromatic rings. The van der Waals surface area contributed by atoms with Gasteiger partial charge in [-0.15, -0.1) is 0 Å². The van der Waals surface area contributed by atoms with Gasteiger partial charge >= 0.3 is 0 Å². The number of benzene rings is 1. The van der Waals surface area contributed by atoms with E-state index in [4.69, 9.17) is 0 Å². The Morgan fingerprint density at radius 3 is 2.59 bits per heavy atom. The third-order valence-electron chi connectivity index (χ3n) is 2.45. The molecule has 0 aliphatic rings. The molecule has 4 heteroatoms. The third kappa shape index (κ3) is 5.63. The lowest BCUT2D eigenvalue weighted by Gasteiger charge is -2.06. The van der Waals surface area contributed by atoms with E-state index in [1.54, 1.807) is 7.05 Å². The molecule has 0 fully saturated rings. The van der Waals surface area contributed by atoms with Crippen molar-refractivity contribution in [3.05, 3.63) is 29.8 Å². The number of nitrogens with one attached hydrogen (secondary N) is 2. The fourth-order valence-electron chi connectivity index (χ4n) is 1.46. The van der Waals surface area contributed by atoms with Gasteiger partial charge in [-0.1, -0.05) is 12.1 Å². The van der Waals surface area contributed by atoms with E-state index in [1.165, 1.54) is 12.2 Å². The number of carbonyl (C=O) groups excluding carboxylic acids is 1. The fraction of sp³-hybridized carbons (Fsp3) is 0.462. The number of rotatable bonds is 7. The predicted octanol–water partition coefficient (Wildman–Crippen LogP) is 2.14. The van der Waals surface area contributed by atoms with Crippen LogP contribution in [0.3, 0.4) is 0 Å². The van der Waals surface area contributed by atoms with Crippen molar-refractivity contribution >= 4 is 23.4 Å². The molecule has 0 aliphatic heterocycles. The summed E-state index contributed by atoms with van der Waals surface area (Å²) in [5.74, 6) is 1.23. The summed E-state index contributed by atoms with van der Waals surface area (Å²) in [6, 6.07) is 8.03. The first-order valence-electron chi connectivity index (χ1n) is 5.78. The Labute approximate surface area is 107 Å². The van der Waals surface area contributed by atoms with E-state index >= 15 is 0 Å². The maximum Gasteiger partial charge on any atom is 0.224 e. The average molecular weight is 252 g/mol. The molecule has 2 N–H and O–H groups in total. The molecule has 1 rings (SSSR count). The zero-order valence-corrected chi connectivity index (χ0v) is 11.3. The van der Waals surface area contributed by atoms with Crippen LogP contribution in [0.15, 0.2) is 24.3 Å². The zero-order chi connectivity index (χ0) is 12.5. The van der Waals surface area contributed by atoms with Gasteiger partial charge in [0.2, 0.25) is 5.91 Å². The summed E-state index contributed by atoms with van der Waals surface area (Å²) in [5, 5.41) is 5.98. The van der Waals surface area contributed by atoms with E-state index in [0.29, 0.717) is 6.42 Å². The molecule has 0 saturated carbocycles. The lowest BCUT2D eigenvalue weighted by Crippen LogP contribution is -2.19. The van der Waals surface area contributed by atoms with Crippen molar-refractivity contribution < 1.29 is 4.79 Å². The van der Waals surface area contributed by atoms with Gasteiger partial charge in [-0.25, -0.2) is 0 Å². The van der Waals surface area contributed by atoms with Gasteiger partial charge < -0.3 is 10.6 Å². The van der Waals surface area contributed by atoms with Crippen LogP contribution in [0.5, 0.6) is 0 Å². The number of likely N-dealkylation sites (N-methyl/N-ethyl adjacent to an activating group) is 1. The van der Waals surface area contributed by atoms with Gasteiger partial charge in [0.25, 0.3) is 0 Å². The highest BCUT2D eigenvalue weighted by Crippen LogP contribution is 2.10. The number of thioether (sulfide) groups is 1. The number of amides is 1. The van der Waals surface area contributed by atoms with Crippen molar-refractivity contribution in [1.29, 1.82) is 0 Å². The predicted molar refractivity (Wildman–Crippen MR) is 75.7 cm³/mol. The smallest absolute Gasteiger partial charge is 0.224 e. The van der Waals surface area contributed by atoms with E-state index in [-0.39, 0.29) is 5.91 Å². The summed E-state index contributed by atoms with van der Waals surface area (Å²) in [6.07, 6.45) is 3.73. The van der Waals surface area contributed by atoms with Crippen molar-refractivity contribution in [2.45, 2.75) is 12.8 Å². The highest BCUT2D eigenvalue weighted by atomic mass is 32.2. The van der Waals surface area contributed by atoms with E-state index in [2.05, 4.69) is 16.9 Å². The molecule has 0 unspecified atom stereocenters. The average Bonchev–Trinajstić information content (AvgIpc) is 2.36. The van der Waals surface area contributed by atoms with Crippen LogP contribution in [0.1, 0.15) is 12.0 Å². The van der Waals surface area contributed by atoms with E-state index in [1.807, 2.05) is 36.0 Å². The Bertz CT molecular complexity index is 338. The Morgan fingerprint density at radius 2 is 2.00 bits per heavy atom. The minimum absolute atomic E-state index is 0.0469. The highest BCUT2D eigenvalue weighted by Gasteiger charge is 2.00. The number of anilines is 1. The normalized spacial score (nSPS) is 10.0. The lowest BCUT2D eigenvalue weighted by molar-refractivity contribution is -0.119. The molecule has 3 nitrogen and oxygen atoms in total. The second kappa shape index (κ2) is 8.01. The van der Waals surface area contributed by atoms with Gasteiger partial charge in [0, 0.05) is 19.3 Å². The van der Waals surface area contributed by atoms with Crippen LogP contribution >= 0.6 is 11.8 Å². The highest BCUT2D eigenvalue weighted by molar-refractivity contribution is 7.98. The molecular formula is C13H20N2OS. The quantitative estimate of drug-likeness (QED) is 0.731. The largest absolute Gasteiger partial charge is 0.385 e. The summed E-state index contributed by atoms with van der Waals surface area (Å²) < 4.78 is 0. The molecule has 17 heavy (non-hydrogen) atoms. The molecule has 0 aromatic heterocycles. The number of hydrogen-bond acceptors (Lipinski definition) is 3. The standard InChI is InChI=1S/C13H20N2OS/c1-14-13(16)10-11-4-6-12(7-5-11)15-8-3-9-17-2/h4-7,15H,3,8-10H2,1-2H3,(H,14,16). The Kier molecular flexibility index (Phi) is 6.55. The molecule has 0 radical (unpaired) electrons.